The van der Waals surface area contributed by atoms with E-state index in [0.29, 0.717) is 17.7 Å². The Bertz CT molecular complexity index is 1380. The summed E-state index contributed by atoms with van der Waals surface area (Å²) in [7, 11) is 1.72. The number of alkyl halides is 3. The number of rotatable bonds is 7. The Morgan fingerprint density at radius 1 is 1.03 bits per heavy atom. The molecule has 0 bridgehead atoms. The van der Waals surface area contributed by atoms with Gasteiger partial charge in [0.25, 0.3) is 5.89 Å². The van der Waals surface area contributed by atoms with Gasteiger partial charge in [-0.15, -0.1) is 0 Å². The summed E-state index contributed by atoms with van der Waals surface area (Å²) >= 11 is 0. The number of hydrogen-bond acceptors (Lipinski definition) is 5. The van der Waals surface area contributed by atoms with Crippen LogP contribution in [0.5, 0.6) is 0 Å². The fourth-order valence-corrected chi connectivity index (χ4v) is 3.85. The van der Waals surface area contributed by atoms with Crippen LogP contribution in [0.2, 0.25) is 0 Å². The standard InChI is InChI=1S/C27H24F3N3O3.CH4/c1-16-6-4-5-7-21(16)22-13-12-20(14-23(22)27(28,29)30)25-31-24(32-36-25)19-10-8-18(9-11-19)15-33(3)17(2)26(34)35;/h4-14,17H,15H2,1-3H3,(H,34,35);1H4/t17-;/m1./s1. The van der Waals surface area contributed by atoms with E-state index >= 15 is 0 Å². The van der Waals surface area contributed by atoms with Crippen LogP contribution < -0.4 is 0 Å². The molecule has 1 atom stereocenters. The molecule has 0 radical (unpaired) electrons. The number of carboxylic acids is 1. The van der Waals surface area contributed by atoms with Crippen molar-refractivity contribution in [3.63, 3.8) is 0 Å². The largest absolute Gasteiger partial charge is 0.480 e. The van der Waals surface area contributed by atoms with Crippen molar-refractivity contribution in [2.75, 3.05) is 7.05 Å². The molecular weight excluding hydrogens is 483 g/mol. The van der Waals surface area contributed by atoms with E-state index < -0.39 is 23.8 Å². The van der Waals surface area contributed by atoms with Gasteiger partial charge in [0.2, 0.25) is 5.82 Å². The van der Waals surface area contributed by atoms with E-state index in [4.69, 9.17) is 9.63 Å². The molecule has 4 aromatic rings. The number of carboxylic acid groups (broad SMARTS) is 1. The molecule has 0 aliphatic carbocycles. The first-order valence-corrected chi connectivity index (χ1v) is 11.2. The molecule has 0 aliphatic heterocycles. The molecule has 0 fully saturated rings. The van der Waals surface area contributed by atoms with Gasteiger partial charge in [0, 0.05) is 17.7 Å². The number of hydrogen-bond donors (Lipinski definition) is 1. The van der Waals surface area contributed by atoms with Gasteiger partial charge in [-0.05, 0) is 55.3 Å². The predicted octanol–water partition coefficient (Wildman–Crippen LogP) is 6.94. The van der Waals surface area contributed by atoms with Crippen LogP contribution >= 0.6 is 0 Å². The van der Waals surface area contributed by atoms with Crippen LogP contribution in [0, 0.1) is 6.92 Å². The number of aryl methyl sites for hydroxylation is 1. The summed E-state index contributed by atoms with van der Waals surface area (Å²) in [5, 5.41) is 13.1. The van der Waals surface area contributed by atoms with Crippen LogP contribution in [-0.4, -0.2) is 39.2 Å². The second-order valence-electron chi connectivity index (χ2n) is 8.62. The van der Waals surface area contributed by atoms with Gasteiger partial charge in [0.15, 0.2) is 0 Å². The summed E-state index contributed by atoms with van der Waals surface area (Å²) in [5.74, 6) is -0.694. The first-order valence-electron chi connectivity index (χ1n) is 11.2. The van der Waals surface area contributed by atoms with Crippen molar-refractivity contribution < 1.29 is 27.6 Å². The second-order valence-corrected chi connectivity index (χ2v) is 8.62. The molecule has 4 rings (SSSR count). The quantitative estimate of drug-likeness (QED) is 0.290. The van der Waals surface area contributed by atoms with Crippen LogP contribution in [-0.2, 0) is 17.5 Å². The van der Waals surface area contributed by atoms with E-state index in [1.165, 1.54) is 12.1 Å². The van der Waals surface area contributed by atoms with Crippen molar-refractivity contribution >= 4 is 5.97 Å². The van der Waals surface area contributed by atoms with Crippen molar-refractivity contribution in [2.24, 2.45) is 0 Å². The topological polar surface area (TPSA) is 79.5 Å². The molecule has 0 aliphatic rings. The lowest BCUT2D eigenvalue weighted by molar-refractivity contribution is -0.142. The van der Waals surface area contributed by atoms with Gasteiger partial charge in [0.1, 0.15) is 6.04 Å². The Kier molecular flexibility index (Phi) is 8.18. The van der Waals surface area contributed by atoms with Gasteiger partial charge < -0.3 is 9.63 Å². The summed E-state index contributed by atoms with van der Waals surface area (Å²) in [5.41, 5.74) is 2.23. The predicted molar refractivity (Wildman–Crippen MR) is 136 cm³/mol. The summed E-state index contributed by atoms with van der Waals surface area (Å²) in [4.78, 5) is 17.1. The molecule has 3 aromatic carbocycles. The van der Waals surface area contributed by atoms with Gasteiger partial charge in [-0.1, -0.05) is 67.2 Å². The average Bonchev–Trinajstić information content (AvgIpc) is 3.34. The summed E-state index contributed by atoms with van der Waals surface area (Å²) < 4.78 is 47.1. The van der Waals surface area contributed by atoms with Gasteiger partial charge >= 0.3 is 12.1 Å². The lowest BCUT2D eigenvalue weighted by atomic mass is 9.94. The highest BCUT2D eigenvalue weighted by Crippen LogP contribution is 2.40. The third kappa shape index (κ3) is 6.06. The zero-order valence-corrected chi connectivity index (χ0v) is 19.9. The van der Waals surface area contributed by atoms with Crippen LogP contribution in [0.3, 0.4) is 0 Å². The maximum Gasteiger partial charge on any atom is 0.417 e. The molecule has 194 valence electrons. The van der Waals surface area contributed by atoms with Gasteiger partial charge in [-0.3, -0.25) is 9.69 Å². The third-order valence-corrected chi connectivity index (χ3v) is 6.10. The fourth-order valence-electron chi connectivity index (χ4n) is 3.85. The van der Waals surface area contributed by atoms with Gasteiger partial charge in [-0.25, -0.2) is 0 Å². The van der Waals surface area contributed by atoms with Crippen LogP contribution in [0.4, 0.5) is 13.2 Å². The van der Waals surface area contributed by atoms with E-state index in [9.17, 15) is 18.0 Å². The number of benzene rings is 3. The third-order valence-electron chi connectivity index (χ3n) is 6.10. The molecule has 0 spiro atoms. The lowest BCUT2D eigenvalue weighted by Gasteiger charge is -2.21. The van der Waals surface area contributed by atoms with Crippen LogP contribution in [0.15, 0.2) is 71.3 Å². The number of halogens is 3. The average molecular weight is 512 g/mol. The minimum Gasteiger partial charge on any atom is -0.480 e. The Balaban J connectivity index is 0.00000380. The molecule has 0 amide bonds. The Hall–Kier alpha value is -3.98. The van der Waals surface area contributed by atoms with Gasteiger partial charge in [0.05, 0.1) is 5.56 Å². The zero-order valence-electron chi connectivity index (χ0n) is 19.9. The minimum absolute atomic E-state index is 0. The maximum atomic E-state index is 14.0. The van der Waals surface area contributed by atoms with E-state index in [1.807, 2.05) is 12.1 Å². The highest BCUT2D eigenvalue weighted by molar-refractivity contribution is 5.75. The molecule has 6 nitrogen and oxygen atoms in total. The summed E-state index contributed by atoms with van der Waals surface area (Å²) in [6, 6.07) is 17.4. The van der Waals surface area contributed by atoms with Gasteiger partial charge in [-0.2, -0.15) is 18.2 Å². The Morgan fingerprint density at radius 3 is 2.30 bits per heavy atom. The molecule has 1 N–H and O–H groups in total. The maximum absolute atomic E-state index is 14.0. The van der Waals surface area contributed by atoms with E-state index in [-0.39, 0.29) is 30.3 Å². The second kappa shape index (κ2) is 11.0. The molecule has 1 aromatic heterocycles. The van der Waals surface area contributed by atoms with Crippen LogP contribution in [0.1, 0.15) is 31.0 Å². The highest BCUT2D eigenvalue weighted by atomic mass is 19.4. The van der Waals surface area contributed by atoms with Crippen molar-refractivity contribution in [2.45, 2.75) is 40.0 Å². The monoisotopic (exact) mass is 511 g/mol. The molecule has 0 unspecified atom stereocenters. The van der Waals surface area contributed by atoms with Crippen molar-refractivity contribution in [1.82, 2.24) is 15.0 Å². The number of nitrogens with zero attached hydrogens (tertiary/aromatic N) is 3. The van der Waals surface area contributed by atoms with E-state index in [1.54, 1.807) is 62.2 Å². The first-order chi connectivity index (χ1) is 17.0. The summed E-state index contributed by atoms with van der Waals surface area (Å²) in [6.07, 6.45) is -4.57. The minimum atomic E-state index is -4.57. The highest BCUT2D eigenvalue weighted by Gasteiger charge is 2.34. The van der Waals surface area contributed by atoms with Crippen molar-refractivity contribution in [3.8, 4) is 34.0 Å². The Morgan fingerprint density at radius 2 is 1.68 bits per heavy atom. The smallest absolute Gasteiger partial charge is 0.417 e. The molecule has 9 heteroatoms. The van der Waals surface area contributed by atoms with E-state index in [2.05, 4.69) is 10.1 Å². The number of aliphatic carboxylic acids is 1. The van der Waals surface area contributed by atoms with Crippen LogP contribution in [0.25, 0.3) is 34.0 Å². The molecular formula is C28H28F3N3O3. The molecule has 1 heterocycles. The number of carbonyl (C=O) groups is 1. The number of aromatic nitrogens is 2. The summed E-state index contributed by atoms with van der Waals surface area (Å²) in [6.45, 7) is 3.80. The normalized spacial score (nSPS) is 12.3. The van der Waals surface area contributed by atoms with Crippen molar-refractivity contribution in [3.05, 3.63) is 83.4 Å². The first kappa shape index (κ1) is 27.6. The molecule has 0 saturated heterocycles. The fraction of sp³-hybridized carbons (Fsp3) is 0.250. The van der Waals surface area contributed by atoms with E-state index in [0.717, 1.165) is 17.2 Å². The number of likely N-dealkylation sites (N-methyl/N-ethyl adjacent to an activating group) is 1. The molecule has 0 saturated carbocycles. The Labute approximate surface area is 213 Å². The zero-order chi connectivity index (χ0) is 26.0. The van der Waals surface area contributed by atoms with Crippen molar-refractivity contribution in [1.29, 1.82) is 0 Å². The SMILES string of the molecule is C.Cc1ccccc1-c1ccc(-c2nc(-c3ccc(CN(C)[C@H](C)C(=O)O)cc3)no2)cc1C(F)(F)F. The lowest BCUT2D eigenvalue weighted by Crippen LogP contribution is -2.35. The molecule has 37 heavy (non-hydrogen) atoms.